The van der Waals surface area contributed by atoms with Gasteiger partial charge < -0.3 is 10.6 Å². The number of halogens is 2. The van der Waals surface area contributed by atoms with E-state index in [4.69, 9.17) is 5.14 Å². The van der Waals surface area contributed by atoms with Gasteiger partial charge in [0, 0.05) is 5.69 Å². The summed E-state index contributed by atoms with van der Waals surface area (Å²) in [5.74, 6) is -1.97. The molecule has 0 aliphatic heterocycles. The quantitative estimate of drug-likeness (QED) is 0.785. The van der Waals surface area contributed by atoms with Gasteiger partial charge in [0.05, 0.1) is 10.9 Å². The Bertz CT molecular complexity index is 855. The predicted octanol–water partition coefficient (Wildman–Crippen LogP) is 2.49. The Morgan fingerprint density at radius 1 is 1.08 bits per heavy atom. The Kier molecular flexibility index (Phi) is 5.15. The monoisotopic (exact) mass is 355 g/mol. The molecule has 0 bridgehead atoms. The van der Waals surface area contributed by atoms with Crippen LogP contribution in [0.2, 0.25) is 0 Å². The maximum Gasteiger partial charge on any atom is 0.319 e. The van der Waals surface area contributed by atoms with E-state index in [2.05, 4.69) is 10.6 Å². The lowest BCUT2D eigenvalue weighted by molar-refractivity contribution is 0.249. The zero-order valence-electron chi connectivity index (χ0n) is 12.6. The van der Waals surface area contributed by atoms with E-state index in [9.17, 15) is 22.0 Å². The Balaban J connectivity index is 2.01. The average Bonchev–Trinajstić information content (AvgIpc) is 2.49. The van der Waals surface area contributed by atoms with Gasteiger partial charge in [-0.2, -0.15) is 0 Å². The molecule has 24 heavy (non-hydrogen) atoms. The summed E-state index contributed by atoms with van der Waals surface area (Å²) in [6.45, 7) is 1.61. The molecule has 1 unspecified atom stereocenters. The number of primary sulfonamides is 1. The molecule has 2 rings (SSSR count). The summed E-state index contributed by atoms with van der Waals surface area (Å²) >= 11 is 0. The normalized spacial score (nSPS) is 12.5. The first-order chi connectivity index (χ1) is 11.2. The number of nitrogens with one attached hydrogen (secondary N) is 2. The molecule has 0 radical (unpaired) electrons. The third-order valence-corrected chi connectivity index (χ3v) is 4.16. The number of amides is 2. The Labute approximate surface area is 137 Å². The smallest absolute Gasteiger partial charge is 0.319 e. The molecule has 6 nitrogen and oxygen atoms in total. The largest absolute Gasteiger partial charge is 0.331 e. The topological polar surface area (TPSA) is 101 Å². The molecule has 0 aliphatic carbocycles. The summed E-state index contributed by atoms with van der Waals surface area (Å²) in [5, 5.41) is 10.0. The number of carbonyl (C=O) groups excluding carboxylic acids is 1. The number of nitrogens with two attached hydrogens (primary N) is 1. The molecule has 2 aromatic rings. The Morgan fingerprint density at radius 3 is 2.25 bits per heavy atom. The lowest BCUT2D eigenvalue weighted by Crippen LogP contribution is -2.31. The summed E-state index contributed by atoms with van der Waals surface area (Å²) in [6.07, 6.45) is 0. The van der Waals surface area contributed by atoms with Crippen LogP contribution in [0.25, 0.3) is 0 Å². The van der Waals surface area contributed by atoms with E-state index < -0.39 is 33.7 Å². The molecule has 0 aliphatic rings. The van der Waals surface area contributed by atoms with E-state index in [0.717, 1.165) is 12.1 Å². The highest BCUT2D eigenvalue weighted by atomic mass is 32.2. The summed E-state index contributed by atoms with van der Waals surface area (Å²) in [6, 6.07) is 7.45. The molecule has 0 aromatic heterocycles. The van der Waals surface area contributed by atoms with Crippen LogP contribution in [0.15, 0.2) is 47.4 Å². The molecule has 0 fully saturated rings. The van der Waals surface area contributed by atoms with E-state index in [1.165, 1.54) is 30.3 Å². The number of sulfonamides is 1. The number of urea groups is 1. The van der Waals surface area contributed by atoms with Gasteiger partial charge in [0.15, 0.2) is 11.6 Å². The van der Waals surface area contributed by atoms with Gasteiger partial charge >= 0.3 is 6.03 Å². The number of hydrogen-bond donors (Lipinski definition) is 3. The molecule has 128 valence electrons. The molecule has 2 amide bonds. The van der Waals surface area contributed by atoms with Crippen molar-refractivity contribution in [3.05, 3.63) is 59.7 Å². The van der Waals surface area contributed by atoms with Crippen LogP contribution in [0.1, 0.15) is 18.5 Å². The van der Waals surface area contributed by atoms with E-state index in [0.29, 0.717) is 11.3 Å². The Morgan fingerprint density at radius 2 is 1.71 bits per heavy atom. The summed E-state index contributed by atoms with van der Waals surface area (Å²) in [4.78, 5) is 11.8. The number of benzene rings is 2. The van der Waals surface area contributed by atoms with Crippen molar-refractivity contribution in [2.24, 2.45) is 5.14 Å². The van der Waals surface area contributed by atoms with Crippen molar-refractivity contribution in [2.45, 2.75) is 17.9 Å². The van der Waals surface area contributed by atoms with Crippen LogP contribution in [0.3, 0.4) is 0 Å². The molecule has 4 N–H and O–H groups in total. The van der Waals surface area contributed by atoms with Crippen LogP contribution in [-0.2, 0) is 10.0 Å². The van der Waals surface area contributed by atoms with Crippen LogP contribution in [0, 0.1) is 11.6 Å². The molecule has 0 saturated heterocycles. The van der Waals surface area contributed by atoms with Crippen LogP contribution in [0.5, 0.6) is 0 Å². The van der Waals surface area contributed by atoms with Crippen molar-refractivity contribution in [3.63, 3.8) is 0 Å². The van der Waals surface area contributed by atoms with Gasteiger partial charge in [0.1, 0.15) is 0 Å². The van der Waals surface area contributed by atoms with Gasteiger partial charge in [-0.05, 0) is 48.9 Å². The van der Waals surface area contributed by atoms with Crippen molar-refractivity contribution >= 4 is 21.7 Å². The first-order valence-corrected chi connectivity index (χ1v) is 8.37. The summed E-state index contributed by atoms with van der Waals surface area (Å²) < 4.78 is 48.4. The van der Waals surface area contributed by atoms with Gasteiger partial charge in [0.25, 0.3) is 0 Å². The van der Waals surface area contributed by atoms with Crippen molar-refractivity contribution in [1.82, 2.24) is 5.32 Å². The van der Waals surface area contributed by atoms with Gasteiger partial charge in [-0.15, -0.1) is 0 Å². The fourth-order valence-corrected chi connectivity index (χ4v) is 2.47. The van der Waals surface area contributed by atoms with E-state index >= 15 is 0 Å². The highest BCUT2D eigenvalue weighted by Crippen LogP contribution is 2.17. The molecule has 1 atom stereocenters. The maximum atomic E-state index is 13.2. The van der Waals surface area contributed by atoms with Crippen molar-refractivity contribution in [2.75, 3.05) is 5.32 Å². The second-order valence-electron chi connectivity index (χ2n) is 5.06. The zero-order chi connectivity index (χ0) is 17.9. The van der Waals surface area contributed by atoms with Gasteiger partial charge in [-0.3, -0.25) is 0 Å². The molecule has 0 spiro atoms. The van der Waals surface area contributed by atoms with E-state index in [-0.39, 0.29) is 4.90 Å². The van der Waals surface area contributed by atoms with Crippen molar-refractivity contribution in [1.29, 1.82) is 0 Å². The number of carbonyl (C=O) groups is 1. The summed E-state index contributed by atoms with van der Waals surface area (Å²) in [7, 11) is -3.81. The summed E-state index contributed by atoms with van der Waals surface area (Å²) in [5.41, 5.74) is 0.742. The third kappa shape index (κ3) is 4.49. The average molecular weight is 355 g/mol. The third-order valence-electron chi connectivity index (χ3n) is 3.23. The highest BCUT2D eigenvalue weighted by molar-refractivity contribution is 7.89. The van der Waals surface area contributed by atoms with Crippen molar-refractivity contribution < 1.29 is 22.0 Å². The van der Waals surface area contributed by atoms with E-state index in [1.807, 2.05) is 0 Å². The molecular formula is C15H15F2N3O3S. The van der Waals surface area contributed by atoms with Gasteiger partial charge in [0.2, 0.25) is 10.0 Å². The minimum Gasteiger partial charge on any atom is -0.331 e. The highest BCUT2D eigenvalue weighted by Gasteiger charge is 2.13. The van der Waals surface area contributed by atoms with Gasteiger partial charge in [-0.25, -0.2) is 27.1 Å². The standard InChI is InChI=1S/C15H15F2N3O3S/c1-9(10-2-7-13(16)14(17)8-10)19-15(21)20-11-3-5-12(6-4-11)24(18,22)23/h2-9H,1H3,(H2,18,22,23)(H2,19,20,21). The van der Waals surface area contributed by atoms with Crippen LogP contribution in [0.4, 0.5) is 19.3 Å². The number of hydrogen-bond acceptors (Lipinski definition) is 3. The van der Waals surface area contributed by atoms with Crippen LogP contribution in [-0.4, -0.2) is 14.4 Å². The Hall–Kier alpha value is -2.52. The number of rotatable bonds is 4. The SMILES string of the molecule is CC(NC(=O)Nc1ccc(S(N)(=O)=O)cc1)c1ccc(F)c(F)c1. The van der Waals surface area contributed by atoms with Crippen LogP contribution < -0.4 is 15.8 Å². The lowest BCUT2D eigenvalue weighted by Gasteiger charge is -2.15. The second kappa shape index (κ2) is 6.93. The fraction of sp³-hybridized carbons (Fsp3) is 0.133. The molecule has 2 aromatic carbocycles. The lowest BCUT2D eigenvalue weighted by atomic mass is 10.1. The molecule has 0 saturated carbocycles. The maximum absolute atomic E-state index is 13.2. The fourth-order valence-electron chi connectivity index (χ4n) is 1.96. The first kappa shape index (κ1) is 17.8. The minimum absolute atomic E-state index is 0.0800. The predicted molar refractivity (Wildman–Crippen MR) is 84.7 cm³/mol. The second-order valence-corrected chi connectivity index (χ2v) is 6.62. The molecule has 0 heterocycles. The van der Waals surface area contributed by atoms with Crippen LogP contribution >= 0.6 is 0 Å². The molecule has 9 heteroatoms. The first-order valence-electron chi connectivity index (χ1n) is 6.82. The minimum atomic E-state index is -3.81. The van der Waals surface area contributed by atoms with E-state index in [1.54, 1.807) is 6.92 Å². The van der Waals surface area contributed by atoms with Gasteiger partial charge in [-0.1, -0.05) is 6.07 Å². The van der Waals surface area contributed by atoms with Crippen molar-refractivity contribution in [3.8, 4) is 0 Å². The number of anilines is 1. The zero-order valence-corrected chi connectivity index (χ0v) is 13.4. The molecular weight excluding hydrogens is 340 g/mol.